The Hall–Kier alpha value is -1.39. The molecule has 0 aromatic heterocycles. The van der Waals surface area contributed by atoms with Crippen molar-refractivity contribution >= 4 is 17.7 Å². The van der Waals surface area contributed by atoms with Gasteiger partial charge < -0.3 is 9.84 Å². The molecule has 0 aromatic rings. The molecular formula is C18H32O5. The zero-order chi connectivity index (χ0) is 18.1. The largest absolute Gasteiger partial charge is 0.481 e. The van der Waals surface area contributed by atoms with E-state index in [0.29, 0.717) is 38.7 Å². The molecule has 0 aliphatic carbocycles. The zero-order valence-electron chi connectivity index (χ0n) is 15.2. The van der Waals surface area contributed by atoms with Crippen molar-refractivity contribution in [1.82, 2.24) is 0 Å². The van der Waals surface area contributed by atoms with Crippen LogP contribution in [-0.4, -0.2) is 29.4 Å². The number of Topliss-reactive ketones (excluding diaryl/α,β-unsaturated/α-hetero) is 1. The number of hydrogen-bond donors (Lipinski definition) is 1. The molecule has 134 valence electrons. The molecule has 0 amide bonds. The maximum Gasteiger partial charge on any atom is 0.311 e. The lowest BCUT2D eigenvalue weighted by molar-refractivity contribution is -0.153. The second-order valence-electron chi connectivity index (χ2n) is 7.39. The molecule has 0 bridgehead atoms. The normalized spacial score (nSPS) is 12.0. The zero-order valence-corrected chi connectivity index (χ0v) is 15.2. The van der Waals surface area contributed by atoms with Crippen LogP contribution in [0.4, 0.5) is 0 Å². The molecule has 0 unspecified atom stereocenters. The van der Waals surface area contributed by atoms with Crippen LogP contribution in [0.3, 0.4) is 0 Å². The van der Waals surface area contributed by atoms with E-state index in [1.54, 1.807) is 20.8 Å². The van der Waals surface area contributed by atoms with Gasteiger partial charge in [0.2, 0.25) is 0 Å². The van der Waals surface area contributed by atoms with Crippen molar-refractivity contribution in [3.05, 3.63) is 0 Å². The first-order chi connectivity index (χ1) is 10.5. The maximum absolute atomic E-state index is 11.8. The Labute approximate surface area is 139 Å². The van der Waals surface area contributed by atoms with Crippen LogP contribution in [0.25, 0.3) is 0 Å². The highest BCUT2D eigenvalue weighted by Gasteiger charge is 2.28. The van der Waals surface area contributed by atoms with Crippen LogP contribution >= 0.6 is 0 Å². The molecule has 0 radical (unpaired) electrons. The number of unbranched alkanes of at least 4 members (excludes halogenated alkanes) is 1. The molecule has 0 heterocycles. The van der Waals surface area contributed by atoms with Crippen molar-refractivity contribution in [3.63, 3.8) is 0 Å². The van der Waals surface area contributed by atoms with Gasteiger partial charge in [0.05, 0.1) is 17.4 Å². The Balaban J connectivity index is 3.91. The SMILES string of the molecule is CCOC(=O)C(C)(C)CCCCC(=O)CCCC(C)(C)C(=O)O. The molecule has 0 fully saturated rings. The predicted octanol–water partition coefficient (Wildman–Crippen LogP) is 3.99. The Kier molecular flexibility index (Phi) is 9.10. The summed E-state index contributed by atoms with van der Waals surface area (Å²) in [4.78, 5) is 34.5. The lowest BCUT2D eigenvalue weighted by Gasteiger charge is -2.21. The van der Waals surface area contributed by atoms with Gasteiger partial charge in [-0.15, -0.1) is 0 Å². The Morgan fingerprint density at radius 2 is 1.39 bits per heavy atom. The first-order valence-corrected chi connectivity index (χ1v) is 8.45. The second kappa shape index (κ2) is 9.68. The predicted molar refractivity (Wildman–Crippen MR) is 89.2 cm³/mol. The number of carbonyl (C=O) groups excluding carboxylic acids is 2. The Bertz CT molecular complexity index is 410. The van der Waals surface area contributed by atoms with Gasteiger partial charge in [-0.2, -0.15) is 0 Å². The molecule has 0 spiro atoms. The molecule has 0 aliphatic heterocycles. The summed E-state index contributed by atoms with van der Waals surface area (Å²) in [6, 6.07) is 0. The van der Waals surface area contributed by atoms with Gasteiger partial charge in [0.15, 0.2) is 0 Å². The molecular weight excluding hydrogens is 296 g/mol. The minimum atomic E-state index is -0.828. The van der Waals surface area contributed by atoms with Gasteiger partial charge in [-0.3, -0.25) is 14.4 Å². The summed E-state index contributed by atoms with van der Waals surface area (Å²) in [5.74, 6) is -0.853. The van der Waals surface area contributed by atoms with E-state index in [1.807, 2.05) is 13.8 Å². The van der Waals surface area contributed by atoms with Crippen LogP contribution in [0.5, 0.6) is 0 Å². The number of ketones is 1. The fourth-order valence-corrected chi connectivity index (χ4v) is 2.28. The topological polar surface area (TPSA) is 80.7 Å². The molecule has 5 nitrogen and oxygen atoms in total. The van der Waals surface area contributed by atoms with E-state index in [2.05, 4.69) is 0 Å². The van der Waals surface area contributed by atoms with Crippen LogP contribution < -0.4 is 0 Å². The third kappa shape index (κ3) is 8.72. The third-order valence-electron chi connectivity index (χ3n) is 4.17. The molecule has 1 N–H and O–H groups in total. The smallest absolute Gasteiger partial charge is 0.311 e. The van der Waals surface area contributed by atoms with E-state index in [1.165, 1.54) is 0 Å². The molecule has 0 saturated carbocycles. The van der Waals surface area contributed by atoms with Crippen LogP contribution in [0.2, 0.25) is 0 Å². The number of hydrogen-bond acceptors (Lipinski definition) is 4. The number of carbonyl (C=O) groups is 3. The fraction of sp³-hybridized carbons (Fsp3) is 0.833. The average Bonchev–Trinajstić information content (AvgIpc) is 2.43. The van der Waals surface area contributed by atoms with E-state index in [0.717, 1.165) is 12.8 Å². The number of rotatable bonds is 12. The standard InChI is InChI=1S/C18H32O5/c1-6-23-16(22)18(4,5)12-8-7-10-14(19)11-9-13-17(2,3)15(20)21/h6-13H2,1-5H3,(H,20,21). The van der Waals surface area contributed by atoms with Crippen molar-refractivity contribution in [3.8, 4) is 0 Å². The van der Waals surface area contributed by atoms with Gasteiger partial charge in [-0.25, -0.2) is 0 Å². The fourth-order valence-electron chi connectivity index (χ4n) is 2.28. The highest BCUT2D eigenvalue weighted by Crippen LogP contribution is 2.26. The third-order valence-corrected chi connectivity index (χ3v) is 4.17. The summed E-state index contributed by atoms with van der Waals surface area (Å²) in [6.45, 7) is 9.25. The minimum absolute atomic E-state index is 0.167. The van der Waals surface area contributed by atoms with Crippen molar-refractivity contribution in [2.45, 2.75) is 79.6 Å². The number of ether oxygens (including phenoxy) is 1. The van der Waals surface area contributed by atoms with Crippen molar-refractivity contribution in [2.24, 2.45) is 10.8 Å². The Morgan fingerprint density at radius 1 is 0.870 bits per heavy atom. The number of esters is 1. The van der Waals surface area contributed by atoms with Crippen LogP contribution in [0.1, 0.15) is 79.6 Å². The van der Waals surface area contributed by atoms with Crippen molar-refractivity contribution in [2.75, 3.05) is 6.61 Å². The number of aliphatic carboxylic acids is 1. The summed E-state index contributed by atoms with van der Waals surface area (Å²) in [5, 5.41) is 9.02. The lowest BCUT2D eigenvalue weighted by atomic mass is 9.86. The van der Waals surface area contributed by atoms with Gasteiger partial charge in [-0.1, -0.05) is 6.42 Å². The molecule has 0 aromatic carbocycles. The molecule has 23 heavy (non-hydrogen) atoms. The Morgan fingerprint density at radius 3 is 1.91 bits per heavy atom. The van der Waals surface area contributed by atoms with Crippen LogP contribution in [0.15, 0.2) is 0 Å². The first kappa shape index (κ1) is 21.6. The van der Waals surface area contributed by atoms with Gasteiger partial charge in [0.1, 0.15) is 5.78 Å². The number of carboxylic acid groups (broad SMARTS) is 1. The lowest BCUT2D eigenvalue weighted by Crippen LogP contribution is -2.26. The maximum atomic E-state index is 11.8. The first-order valence-electron chi connectivity index (χ1n) is 8.45. The average molecular weight is 328 g/mol. The van der Waals surface area contributed by atoms with E-state index in [4.69, 9.17) is 9.84 Å². The molecule has 0 atom stereocenters. The highest BCUT2D eigenvalue weighted by molar-refractivity contribution is 5.78. The molecule has 5 heteroatoms. The van der Waals surface area contributed by atoms with Gasteiger partial charge >= 0.3 is 11.9 Å². The minimum Gasteiger partial charge on any atom is -0.481 e. The molecule has 0 saturated heterocycles. The summed E-state index contributed by atoms with van der Waals surface area (Å²) < 4.78 is 5.04. The van der Waals surface area contributed by atoms with Crippen molar-refractivity contribution < 1.29 is 24.2 Å². The van der Waals surface area contributed by atoms with E-state index in [-0.39, 0.29) is 11.8 Å². The van der Waals surface area contributed by atoms with Gasteiger partial charge in [0.25, 0.3) is 0 Å². The second-order valence-corrected chi connectivity index (χ2v) is 7.39. The highest BCUT2D eigenvalue weighted by atomic mass is 16.5. The summed E-state index contributed by atoms with van der Waals surface area (Å²) in [5.41, 5.74) is -1.28. The summed E-state index contributed by atoms with van der Waals surface area (Å²) >= 11 is 0. The quantitative estimate of drug-likeness (QED) is 0.433. The van der Waals surface area contributed by atoms with Crippen LogP contribution in [-0.2, 0) is 19.1 Å². The molecule has 0 rings (SSSR count). The summed E-state index contributed by atoms with van der Waals surface area (Å²) in [6.07, 6.45) is 4.29. The van der Waals surface area contributed by atoms with Crippen molar-refractivity contribution in [1.29, 1.82) is 0 Å². The van der Waals surface area contributed by atoms with E-state index < -0.39 is 16.8 Å². The van der Waals surface area contributed by atoms with Gasteiger partial charge in [-0.05, 0) is 60.3 Å². The molecule has 0 aliphatic rings. The van der Waals surface area contributed by atoms with Crippen LogP contribution in [0, 0.1) is 10.8 Å². The van der Waals surface area contributed by atoms with E-state index >= 15 is 0 Å². The monoisotopic (exact) mass is 328 g/mol. The number of carboxylic acids is 1. The van der Waals surface area contributed by atoms with Gasteiger partial charge in [0, 0.05) is 12.8 Å². The summed E-state index contributed by atoms with van der Waals surface area (Å²) in [7, 11) is 0. The van der Waals surface area contributed by atoms with E-state index in [9.17, 15) is 14.4 Å².